The first-order valence-corrected chi connectivity index (χ1v) is 9.15. The van der Waals surface area contributed by atoms with Crippen LogP contribution in [0.25, 0.3) is 22.0 Å². The minimum absolute atomic E-state index is 0.344. The minimum atomic E-state index is -1.38. The first-order chi connectivity index (χ1) is 13.9. The molecule has 0 aliphatic heterocycles. The van der Waals surface area contributed by atoms with E-state index in [2.05, 4.69) is 11.4 Å². The SMILES string of the molecule is CNC(=O)C(C(=O)CO)N(C)C(=O)c1ccc(-c2ccc3c(ccn3C)c2)cc1. The highest BCUT2D eigenvalue weighted by Crippen LogP contribution is 2.25. The number of Topliss-reactive ketones (excluding diaryl/α,β-unsaturated/α-hetero) is 1. The van der Waals surface area contributed by atoms with Gasteiger partial charge in [0.05, 0.1) is 0 Å². The minimum Gasteiger partial charge on any atom is -0.388 e. The molecule has 0 radical (unpaired) electrons. The molecular weight excluding hydrogens is 370 g/mol. The van der Waals surface area contributed by atoms with E-state index >= 15 is 0 Å². The molecule has 0 spiro atoms. The van der Waals surface area contributed by atoms with Crippen LogP contribution in [0.2, 0.25) is 0 Å². The molecule has 1 unspecified atom stereocenters. The lowest BCUT2D eigenvalue weighted by Gasteiger charge is -2.25. The number of fused-ring (bicyclic) bond motifs is 1. The van der Waals surface area contributed by atoms with E-state index in [4.69, 9.17) is 5.11 Å². The molecule has 2 aromatic carbocycles. The molecule has 0 bridgehead atoms. The van der Waals surface area contributed by atoms with Gasteiger partial charge in [-0.1, -0.05) is 18.2 Å². The Labute approximate surface area is 168 Å². The van der Waals surface area contributed by atoms with E-state index in [1.807, 2.05) is 48.1 Å². The highest BCUT2D eigenvalue weighted by atomic mass is 16.3. The number of aryl methyl sites for hydroxylation is 1. The molecule has 150 valence electrons. The fourth-order valence-corrected chi connectivity index (χ4v) is 3.35. The third kappa shape index (κ3) is 3.90. The standard InChI is InChI=1S/C22H23N3O4/c1-23-21(28)20(19(27)13-26)25(3)22(29)15-6-4-14(5-7-15)16-8-9-18-17(12-16)10-11-24(18)2/h4-12,20,26H,13H2,1-3H3,(H,23,28). The number of ketones is 1. The average Bonchev–Trinajstić information content (AvgIpc) is 3.13. The highest BCUT2D eigenvalue weighted by Gasteiger charge is 2.32. The zero-order chi connectivity index (χ0) is 21.1. The summed E-state index contributed by atoms with van der Waals surface area (Å²) in [7, 11) is 4.73. The zero-order valence-electron chi connectivity index (χ0n) is 16.5. The number of likely N-dealkylation sites (N-methyl/N-ethyl adjacent to an activating group) is 2. The number of benzene rings is 2. The van der Waals surface area contributed by atoms with Gasteiger partial charge in [-0.2, -0.15) is 0 Å². The summed E-state index contributed by atoms with van der Waals surface area (Å²) < 4.78 is 2.05. The average molecular weight is 393 g/mol. The fraction of sp³-hybridized carbons (Fsp3) is 0.227. The molecule has 2 amide bonds. The lowest BCUT2D eigenvalue weighted by atomic mass is 10.0. The van der Waals surface area contributed by atoms with E-state index in [0.717, 1.165) is 26.9 Å². The van der Waals surface area contributed by atoms with E-state index in [9.17, 15) is 14.4 Å². The van der Waals surface area contributed by atoms with Gasteiger partial charge in [-0.25, -0.2) is 0 Å². The van der Waals surface area contributed by atoms with Crippen molar-refractivity contribution >= 4 is 28.5 Å². The van der Waals surface area contributed by atoms with Crippen LogP contribution in [0.3, 0.4) is 0 Å². The topological polar surface area (TPSA) is 91.6 Å². The van der Waals surface area contributed by atoms with Gasteiger partial charge < -0.3 is 19.9 Å². The lowest BCUT2D eigenvalue weighted by Crippen LogP contribution is -2.52. The smallest absolute Gasteiger partial charge is 0.254 e. The third-order valence-corrected chi connectivity index (χ3v) is 5.01. The molecule has 0 saturated heterocycles. The predicted octanol–water partition coefficient (Wildman–Crippen LogP) is 1.59. The van der Waals surface area contributed by atoms with Crippen molar-refractivity contribution in [2.45, 2.75) is 6.04 Å². The second-order valence-corrected chi connectivity index (χ2v) is 6.83. The van der Waals surface area contributed by atoms with Crippen LogP contribution in [0.15, 0.2) is 54.7 Å². The monoisotopic (exact) mass is 393 g/mol. The van der Waals surface area contributed by atoms with Crippen molar-refractivity contribution in [3.63, 3.8) is 0 Å². The maximum Gasteiger partial charge on any atom is 0.254 e. The van der Waals surface area contributed by atoms with Crippen LogP contribution in [-0.2, 0) is 16.6 Å². The van der Waals surface area contributed by atoms with Crippen LogP contribution in [0.1, 0.15) is 10.4 Å². The summed E-state index contributed by atoms with van der Waals surface area (Å²) >= 11 is 0. The molecule has 0 fully saturated rings. The van der Waals surface area contributed by atoms with E-state index in [-0.39, 0.29) is 0 Å². The van der Waals surface area contributed by atoms with E-state index in [1.165, 1.54) is 14.1 Å². The van der Waals surface area contributed by atoms with Crippen molar-refractivity contribution in [2.75, 3.05) is 20.7 Å². The number of nitrogens with one attached hydrogen (secondary N) is 1. The Morgan fingerprint density at radius 2 is 1.72 bits per heavy atom. The summed E-state index contributed by atoms with van der Waals surface area (Å²) in [5.41, 5.74) is 3.45. The van der Waals surface area contributed by atoms with Crippen molar-refractivity contribution < 1.29 is 19.5 Å². The summed E-state index contributed by atoms with van der Waals surface area (Å²) in [6, 6.07) is 13.8. The van der Waals surface area contributed by atoms with E-state index in [1.54, 1.807) is 12.1 Å². The van der Waals surface area contributed by atoms with Gasteiger partial charge in [0.1, 0.15) is 6.61 Å². The maximum atomic E-state index is 12.8. The Hall–Kier alpha value is -3.45. The molecule has 2 N–H and O–H groups in total. The van der Waals surface area contributed by atoms with Gasteiger partial charge in [0.25, 0.3) is 5.91 Å². The number of aliphatic hydroxyl groups excluding tert-OH is 1. The molecule has 0 saturated carbocycles. The summed E-state index contributed by atoms with van der Waals surface area (Å²) in [4.78, 5) is 37.7. The number of aromatic nitrogens is 1. The van der Waals surface area contributed by atoms with Gasteiger partial charge in [-0.15, -0.1) is 0 Å². The number of nitrogens with zero attached hydrogens (tertiary/aromatic N) is 2. The van der Waals surface area contributed by atoms with Gasteiger partial charge in [0.2, 0.25) is 5.91 Å². The molecule has 7 heteroatoms. The quantitative estimate of drug-likeness (QED) is 0.622. The molecule has 1 aromatic heterocycles. The fourth-order valence-electron chi connectivity index (χ4n) is 3.35. The van der Waals surface area contributed by atoms with Crippen molar-refractivity contribution in [1.29, 1.82) is 0 Å². The lowest BCUT2D eigenvalue weighted by molar-refractivity contribution is -0.135. The number of rotatable bonds is 6. The normalized spacial score (nSPS) is 11.9. The van der Waals surface area contributed by atoms with Gasteiger partial charge >= 0.3 is 0 Å². The molecule has 3 rings (SSSR count). The van der Waals surface area contributed by atoms with Gasteiger partial charge in [-0.3, -0.25) is 14.4 Å². The van der Waals surface area contributed by atoms with Crippen molar-refractivity contribution in [1.82, 2.24) is 14.8 Å². The maximum absolute atomic E-state index is 12.8. The predicted molar refractivity (Wildman–Crippen MR) is 110 cm³/mol. The molecule has 1 atom stereocenters. The summed E-state index contributed by atoms with van der Waals surface area (Å²) in [6.07, 6.45) is 2.00. The Morgan fingerprint density at radius 1 is 1.07 bits per heavy atom. The molecule has 29 heavy (non-hydrogen) atoms. The first kappa shape index (κ1) is 20.3. The van der Waals surface area contributed by atoms with Crippen LogP contribution in [0, 0.1) is 0 Å². The van der Waals surface area contributed by atoms with Crippen LogP contribution in [0.5, 0.6) is 0 Å². The number of hydrogen-bond acceptors (Lipinski definition) is 4. The number of carbonyl (C=O) groups is 3. The number of carbonyl (C=O) groups excluding carboxylic acids is 3. The largest absolute Gasteiger partial charge is 0.388 e. The van der Waals surface area contributed by atoms with Crippen LogP contribution in [-0.4, -0.2) is 58.9 Å². The molecule has 7 nitrogen and oxygen atoms in total. The Bertz CT molecular complexity index is 1050. The number of hydrogen-bond donors (Lipinski definition) is 2. The summed E-state index contributed by atoms with van der Waals surface area (Å²) in [6.45, 7) is -0.823. The van der Waals surface area contributed by atoms with Crippen LogP contribution >= 0.6 is 0 Å². The second kappa shape index (κ2) is 8.28. The second-order valence-electron chi connectivity index (χ2n) is 6.83. The van der Waals surface area contributed by atoms with E-state index < -0.39 is 30.2 Å². The molecule has 1 heterocycles. The number of amides is 2. The summed E-state index contributed by atoms with van der Waals surface area (Å²) in [5.74, 6) is -1.87. The first-order valence-electron chi connectivity index (χ1n) is 9.15. The van der Waals surface area contributed by atoms with Crippen LogP contribution in [0.4, 0.5) is 0 Å². The Balaban J connectivity index is 1.85. The molecule has 0 aliphatic carbocycles. The van der Waals surface area contributed by atoms with Crippen molar-refractivity contribution in [3.05, 3.63) is 60.3 Å². The molecule has 0 aliphatic rings. The van der Waals surface area contributed by atoms with Crippen molar-refractivity contribution in [2.24, 2.45) is 7.05 Å². The highest BCUT2D eigenvalue weighted by molar-refractivity contribution is 6.10. The van der Waals surface area contributed by atoms with Crippen molar-refractivity contribution in [3.8, 4) is 11.1 Å². The van der Waals surface area contributed by atoms with Gasteiger partial charge in [-0.05, 0) is 41.5 Å². The van der Waals surface area contributed by atoms with Gasteiger partial charge in [0.15, 0.2) is 11.8 Å². The Kier molecular flexibility index (Phi) is 5.79. The molecule has 3 aromatic rings. The summed E-state index contributed by atoms with van der Waals surface area (Å²) in [5, 5.41) is 12.6. The third-order valence-electron chi connectivity index (χ3n) is 5.01. The number of aliphatic hydroxyl groups is 1. The Morgan fingerprint density at radius 3 is 2.34 bits per heavy atom. The van der Waals surface area contributed by atoms with E-state index in [0.29, 0.717) is 5.56 Å². The van der Waals surface area contributed by atoms with Crippen LogP contribution < -0.4 is 5.32 Å². The van der Waals surface area contributed by atoms with Gasteiger partial charge in [0, 0.05) is 43.8 Å². The molecular formula is C22H23N3O4. The zero-order valence-corrected chi connectivity index (χ0v) is 16.5.